The number of nitrogens with zero attached hydrogens (tertiary/aromatic N) is 5. The average Bonchev–Trinajstić information content (AvgIpc) is 3.03. The van der Waals surface area contributed by atoms with Crippen LogP contribution in [0, 0.1) is 0 Å². The van der Waals surface area contributed by atoms with E-state index in [1.807, 2.05) is 36.4 Å². The number of piperazine rings is 1. The van der Waals surface area contributed by atoms with Gasteiger partial charge in [-0.1, -0.05) is 66.7 Å². The molecular formula is C35H40N6O4. The molecule has 45 heavy (non-hydrogen) atoms. The van der Waals surface area contributed by atoms with Crippen molar-refractivity contribution in [3.05, 3.63) is 108 Å². The van der Waals surface area contributed by atoms with Crippen molar-refractivity contribution in [2.75, 3.05) is 38.1 Å². The van der Waals surface area contributed by atoms with Crippen LogP contribution in [-0.2, 0) is 35.5 Å². The number of carbonyl (C=O) groups is 3. The molecule has 6 rings (SSSR count). The summed E-state index contributed by atoms with van der Waals surface area (Å²) >= 11 is 0. The van der Waals surface area contributed by atoms with Crippen LogP contribution >= 0.6 is 0 Å². The molecule has 0 unspecified atom stereocenters. The lowest BCUT2D eigenvalue weighted by Crippen LogP contribution is -2.76. The van der Waals surface area contributed by atoms with Crippen molar-refractivity contribution in [1.29, 1.82) is 0 Å². The largest absolute Gasteiger partial charge is 0.508 e. The van der Waals surface area contributed by atoms with Gasteiger partial charge in [0.15, 0.2) is 0 Å². The van der Waals surface area contributed by atoms with Gasteiger partial charge in [0.1, 0.15) is 18.0 Å². The van der Waals surface area contributed by atoms with Crippen molar-refractivity contribution in [3.8, 4) is 5.75 Å². The number of hydrazine groups is 1. The molecule has 3 aliphatic heterocycles. The Morgan fingerprint density at radius 2 is 1.80 bits per heavy atom. The SMILES string of the molecule is C=CCN1CC(=O)N2[C@@H](Cc3ccc(O)cc3)C(=O)N(Cc3cccc4c3N(C)CCC4)C[C@@H]2N1C(=O)NCc1ccccc1. The van der Waals surface area contributed by atoms with Gasteiger partial charge in [-0.3, -0.25) is 9.59 Å². The zero-order chi connectivity index (χ0) is 31.5. The molecule has 3 aromatic carbocycles. The first kappa shape index (κ1) is 30.2. The smallest absolute Gasteiger partial charge is 0.334 e. The van der Waals surface area contributed by atoms with Crippen LogP contribution in [-0.4, -0.2) is 88.2 Å². The number of hydrogen-bond acceptors (Lipinski definition) is 6. The number of carbonyl (C=O) groups excluding carboxylic acids is 3. The van der Waals surface area contributed by atoms with Crippen LogP contribution in [0.3, 0.4) is 0 Å². The van der Waals surface area contributed by atoms with Crippen LogP contribution in [0.1, 0.15) is 28.7 Å². The third-order valence-corrected chi connectivity index (χ3v) is 8.92. The van der Waals surface area contributed by atoms with E-state index in [0.717, 1.165) is 41.8 Å². The number of anilines is 1. The molecule has 0 aromatic heterocycles. The molecule has 0 aliphatic carbocycles. The number of urea groups is 1. The van der Waals surface area contributed by atoms with Gasteiger partial charge in [0.25, 0.3) is 0 Å². The lowest BCUT2D eigenvalue weighted by atomic mass is 9.96. The summed E-state index contributed by atoms with van der Waals surface area (Å²) in [5.41, 5.74) is 5.23. The van der Waals surface area contributed by atoms with Gasteiger partial charge in [0.05, 0.1) is 13.1 Å². The Balaban J connectivity index is 1.36. The number of amides is 4. The summed E-state index contributed by atoms with van der Waals surface area (Å²) in [6, 6.07) is 21.4. The molecule has 0 radical (unpaired) electrons. The molecule has 4 amide bonds. The maximum absolute atomic E-state index is 14.4. The number of para-hydroxylation sites is 1. The van der Waals surface area contributed by atoms with Gasteiger partial charge in [-0.2, -0.15) is 0 Å². The highest BCUT2D eigenvalue weighted by molar-refractivity contribution is 5.92. The molecule has 3 heterocycles. The number of aromatic hydroxyl groups is 1. The quantitative estimate of drug-likeness (QED) is 0.380. The molecule has 0 saturated carbocycles. The maximum atomic E-state index is 14.4. The summed E-state index contributed by atoms with van der Waals surface area (Å²) in [5, 5.41) is 16.2. The van der Waals surface area contributed by atoms with E-state index in [9.17, 15) is 19.5 Å². The fraction of sp³-hybridized carbons (Fsp3) is 0.343. The Morgan fingerprint density at radius 3 is 2.56 bits per heavy atom. The molecular weight excluding hydrogens is 568 g/mol. The van der Waals surface area contributed by atoms with Crippen molar-refractivity contribution in [3.63, 3.8) is 0 Å². The molecule has 2 atom stereocenters. The fourth-order valence-electron chi connectivity index (χ4n) is 6.84. The predicted octanol–water partition coefficient (Wildman–Crippen LogP) is 3.51. The topological polar surface area (TPSA) is 99.7 Å². The minimum absolute atomic E-state index is 0.0579. The van der Waals surface area contributed by atoms with E-state index in [1.54, 1.807) is 50.2 Å². The average molecular weight is 609 g/mol. The summed E-state index contributed by atoms with van der Waals surface area (Å²) in [5.74, 6) is -0.255. The summed E-state index contributed by atoms with van der Waals surface area (Å²) in [6.07, 6.45) is 3.27. The van der Waals surface area contributed by atoms with Gasteiger partial charge in [-0.15, -0.1) is 6.58 Å². The zero-order valence-electron chi connectivity index (χ0n) is 25.6. The second-order valence-corrected chi connectivity index (χ2v) is 12.0. The third-order valence-electron chi connectivity index (χ3n) is 8.92. The number of nitrogens with one attached hydrogen (secondary N) is 1. The van der Waals surface area contributed by atoms with E-state index < -0.39 is 12.2 Å². The van der Waals surface area contributed by atoms with Crippen LogP contribution in [0.15, 0.2) is 85.5 Å². The van der Waals surface area contributed by atoms with Crippen LogP contribution in [0.5, 0.6) is 5.75 Å². The monoisotopic (exact) mass is 608 g/mol. The lowest BCUT2D eigenvalue weighted by Gasteiger charge is -2.55. The van der Waals surface area contributed by atoms with Crippen molar-refractivity contribution in [2.45, 2.75) is 44.6 Å². The minimum Gasteiger partial charge on any atom is -0.508 e. The standard InChI is InChI=1S/C35H40N6O4/c1-3-18-39-24-32(43)40-30(20-25-14-16-29(42)17-15-25)34(44)38(22-28-12-7-11-27-13-8-19-37(2)33(27)28)23-31(40)41(39)35(45)36-21-26-9-5-4-6-10-26/h3-7,9-12,14-17,30-31,42H,1,8,13,18-24H2,2H3,(H,36,45)/t30-,31-/m0/s1. The molecule has 2 fully saturated rings. The summed E-state index contributed by atoms with van der Waals surface area (Å²) in [7, 11) is 2.08. The third kappa shape index (κ3) is 6.23. The van der Waals surface area contributed by atoms with Gasteiger partial charge in [0, 0.05) is 45.3 Å². The number of rotatable bonds is 8. The van der Waals surface area contributed by atoms with E-state index in [4.69, 9.17) is 0 Å². The van der Waals surface area contributed by atoms with Gasteiger partial charge in [-0.05, 0) is 47.2 Å². The Hall–Kier alpha value is -4.83. The van der Waals surface area contributed by atoms with E-state index in [2.05, 4.69) is 36.0 Å². The van der Waals surface area contributed by atoms with E-state index >= 15 is 0 Å². The van der Waals surface area contributed by atoms with Crippen LogP contribution in [0.25, 0.3) is 0 Å². The Labute approximate surface area is 264 Å². The Morgan fingerprint density at radius 1 is 1.02 bits per heavy atom. The maximum Gasteiger partial charge on any atom is 0.334 e. The Kier molecular flexibility index (Phi) is 8.75. The molecule has 10 nitrogen and oxygen atoms in total. The van der Waals surface area contributed by atoms with Crippen molar-refractivity contribution < 1.29 is 19.5 Å². The van der Waals surface area contributed by atoms with Crippen LogP contribution in [0.2, 0.25) is 0 Å². The van der Waals surface area contributed by atoms with Gasteiger partial charge in [-0.25, -0.2) is 14.8 Å². The van der Waals surface area contributed by atoms with E-state index in [1.165, 1.54) is 5.56 Å². The second-order valence-electron chi connectivity index (χ2n) is 12.0. The molecule has 0 bridgehead atoms. The van der Waals surface area contributed by atoms with Crippen molar-refractivity contribution in [2.24, 2.45) is 0 Å². The summed E-state index contributed by atoms with van der Waals surface area (Å²) in [6.45, 7) is 5.89. The number of phenolic OH excluding ortho intramolecular Hbond substituents is 1. The Bertz CT molecular complexity index is 1560. The van der Waals surface area contributed by atoms with E-state index in [0.29, 0.717) is 19.6 Å². The van der Waals surface area contributed by atoms with Gasteiger partial charge in [0.2, 0.25) is 11.8 Å². The van der Waals surface area contributed by atoms with Gasteiger partial charge < -0.3 is 25.1 Å². The summed E-state index contributed by atoms with van der Waals surface area (Å²) in [4.78, 5) is 47.8. The number of phenols is 1. The molecule has 2 saturated heterocycles. The predicted molar refractivity (Wildman–Crippen MR) is 172 cm³/mol. The molecule has 10 heteroatoms. The first-order valence-corrected chi connectivity index (χ1v) is 15.5. The zero-order valence-corrected chi connectivity index (χ0v) is 25.6. The highest BCUT2D eigenvalue weighted by Gasteiger charge is 2.51. The number of benzene rings is 3. The second kappa shape index (κ2) is 13.0. The van der Waals surface area contributed by atoms with Crippen LogP contribution in [0.4, 0.5) is 10.5 Å². The van der Waals surface area contributed by atoms with E-state index in [-0.39, 0.29) is 43.1 Å². The van der Waals surface area contributed by atoms with Gasteiger partial charge >= 0.3 is 6.03 Å². The first-order chi connectivity index (χ1) is 21.8. The number of aryl methyl sites for hydroxylation is 1. The summed E-state index contributed by atoms with van der Waals surface area (Å²) < 4.78 is 0. The molecule has 3 aliphatic rings. The lowest BCUT2D eigenvalue weighted by molar-refractivity contribution is -0.189. The molecule has 3 aromatic rings. The molecule has 2 N–H and O–H groups in total. The minimum atomic E-state index is -0.826. The normalized spacial score (nSPS) is 20.1. The van der Waals surface area contributed by atoms with Crippen LogP contribution < -0.4 is 10.2 Å². The fourth-order valence-corrected chi connectivity index (χ4v) is 6.84. The number of hydrogen-bond donors (Lipinski definition) is 2. The van der Waals surface area contributed by atoms with Crippen molar-refractivity contribution >= 4 is 23.5 Å². The first-order valence-electron chi connectivity index (χ1n) is 15.5. The highest BCUT2D eigenvalue weighted by Crippen LogP contribution is 2.34. The number of fused-ring (bicyclic) bond motifs is 2. The molecule has 0 spiro atoms. The molecule has 234 valence electrons. The van der Waals surface area contributed by atoms with Crippen molar-refractivity contribution in [1.82, 2.24) is 25.1 Å². The highest BCUT2D eigenvalue weighted by atomic mass is 16.3.